The monoisotopic (exact) mass is 128 g/mol. The number of nitrogens with two attached hydrogens (primary N) is 1. The van der Waals surface area contributed by atoms with E-state index in [0.717, 1.165) is 4.89 Å². The van der Waals surface area contributed by atoms with Crippen molar-refractivity contribution >= 4 is 10.3 Å². The maximum atomic E-state index is 9.47. The first-order valence-corrected chi connectivity index (χ1v) is 2.60. The van der Waals surface area contributed by atoms with Crippen molar-refractivity contribution in [2.75, 3.05) is 0 Å². The van der Waals surface area contributed by atoms with Gasteiger partial charge in [-0.05, 0) is 0 Å². The fourth-order valence-corrected chi connectivity index (χ4v) is 0.182. The Balaban J connectivity index is 3.60. The first-order chi connectivity index (χ1) is 3.06. The Labute approximate surface area is 40.0 Å². The van der Waals surface area contributed by atoms with Crippen LogP contribution in [0.2, 0.25) is 0 Å². The van der Waals surface area contributed by atoms with E-state index < -0.39 is 10.3 Å². The van der Waals surface area contributed by atoms with Crippen molar-refractivity contribution in [1.29, 1.82) is 0 Å². The first kappa shape index (κ1) is 6.79. The second-order valence-electron chi connectivity index (χ2n) is 0.676. The second-order valence-corrected chi connectivity index (χ2v) is 1.79. The molecule has 6 nitrogen and oxygen atoms in total. The molecule has 0 aromatic heterocycles. The maximum absolute atomic E-state index is 9.47. The minimum absolute atomic E-state index is 1.09. The third-order valence-corrected chi connectivity index (χ3v) is 0.460. The summed E-state index contributed by atoms with van der Waals surface area (Å²) in [4.78, 5) is 4.41. The van der Waals surface area contributed by atoms with Gasteiger partial charge < -0.3 is 0 Å². The van der Waals surface area contributed by atoms with Gasteiger partial charge in [-0.25, -0.2) is 4.94 Å². The molecule has 0 atom stereocenters. The van der Waals surface area contributed by atoms with E-state index in [0.29, 0.717) is 0 Å². The Kier molecular flexibility index (Phi) is 2.12. The zero-order chi connectivity index (χ0) is 5.91. The van der Waals surface area contributed by atoms with Gasteiger partial charge in [0.25, 0.3) is 0 Å². The average Bonchev–Trinajstić information content (AvgIpc) is 1.30. The molecule has 0 heterocycles. The molecule has 0 amide bonds. The van der Waals surface area contributed by atoms with Crippen molar-refractivity contribution in [2.24, 2.45) is 5.90 Å². The highest BCUT2D eigenvalue weighted by atomic mass is 32.2. The van der Waals surface area contributed by atoms with E-state index in [2.05, 4.69) is 10.8 Å². The molecule has 0 rings (SSSR count). The van der Waals surface area contributed by atoms with Gasteiger partial charge in [-0.2, -0.15) is 14.3 Å². The van der Waals surface area contributed by atoms with Gasteiger partial charge in [-0.3, -0.25) is 4.55 Å². The van der Waals surface area contributed by atoms with Crippen LogP contribution in [0.5, 0.6) is 0 Å². The van der Waals surface area contributed by atoms with Gasteiger partial charge in [0, 0.05) is 0 Å². The minimum Gasteiger partial charge on any atom is -0.272 e. The van der Waals surface area contributed by atoms with Crippen LogP contribution in [-0.2, 0) is 15.2 Å². The molecule has 0 radical (unpaired) electrons. The highest BCUT2D eigenvalue weighted by Crippen LogP contribution is 1.65. The summed E-state index contributed by atoms with van der Waals surface area (Å²) in [6.45, 7) is 0. The molecule has 0 bridgehead atoms. The topological polar surface area (TPSA) is 102 Å². The lowest BCUT2D eigenvalue weighted by atomic mass is 13.3. The van der Waals surface area contributed by atoms with E-state index in [9.17, 15) is 8.42 Å². The van der Waals surface area contributed by atoms with Crippen LogP contribution in [0.25, 0.3) is 0 Å². The maximum Gasteiger partial charge on any atom is 0.357 e. The number of rotatable bonds is 2. The normalized spacial score (nSPS) is 11.7. The van der Waals surface area contributed by atoms with Crippen molar-refractivity contribution in [1.82, 2.24) is 4.89 Å². The van der Waals surface area contributed by atoms with E-state index in [1.54, 1.807) is 0 Å². The van der Waals surface area contributed by atoms with Crippen LogP contribution in [-0.4, -0.2) is 13.0 Å². The Hall–Kier alpha value is -0.210. The number of hydrogen-bond acceptors (Lipinski definition) is 4. The summed E-state index contributed by atoms with van der Waals surface area (Å²) >= 11 is 0. The van der Waals surface area contributed by atoms with Crippen LogP contribution in [0.3, 0.4) is 0 Å². The van der Waals surface area contributed by atoms with E-state index in [-0.39, 0.29) is 0 Å². The minimum atomic E-state index is -4.27. The van der Waals surface area contributed by atoms with Gasteiger partial charge >= 0.3 is 10.3 Å². The predicted octanol–water partition coefficient (Wildman–Crippen LogP) is -1.82. The van der Waals surface area contributed by atoms with Crippen molar-refractivity contribution in [3.05, 3.63) is 0 Å². The summed E-state index contributed by atoms with van der Waals surface area (Å²) in [5.74, 6) is 4.16. The Bertz CT molecular complexity index is 123. The Morgan fingerprint density at radius 1 is 1.71 bits per heavy atom. The van der Waals surface area contributed by atoms with E-state index >= 15 is 0 Å². The molecule has 0 aliphatic rings. The van der Waals surface area contributed by atoms with Gasteiger partial charge in [0.2, 0.25) is 0 Å². The lowest BCUT2D eigenvalue weighted by Gasteiger charge is -1.90. The van der Waals surface area contributed by atoms with Gasteiger partial charge in [0.1, 0.15) is 0 Å². The summed E-state index contributed by atoms with van der Waals surface area (Å²) in [6.07, 6.45) is 0. The van der Waals surface area contributed by atoms with Crippen LogP contribution in [0.1, 0.15) is 0 Å². The molecule has 0 saturated heterocycles. The molecule has 44 valence electrons. The fourth-order valence-electron chi connectivity index (χ4n) is 0.0608. The Morgan fingerprint density at radius 3 is 2.14 bits per heavy atom. The standard InChI is InChI=1S/H4N2O4S/c1-6-2-7(3,4)5/h2H,1H2,(H,3,4,5). The van der Waals surface area contributed by atoms with Crippen molar-refractivity contribution in [3.8, 4) is 0 Å². The summed E-state index contributed by atoms with van der Waals surface area (Å²) < 4.78 is 26.6. The van der Waals surface area contributed by atoms with Crippen molar-refractivity contribution in [2.45, 2.75) is 0 Å². The third-order valence-electron chi connectivity index (χ3n) is 0.153. The quantitative estimate of drug-likeness (QED) is 0.300. The van der Waals surface area contributed by atoms with Gasteiger partial charge in [-0.1, -0.05) is 4.89 Å². The lowest BCUT2D eigenvalue weighted by Crippen LogP contribution is -2.25. The summed E-state index contributed by atoms with van der Waals surface area (Å²) in [6, 6.07) is 0. The Morgan fingerprint density at radius 2 is 2.14 bits per heavy atom. The zero-order valence-electron chi connectivity index (χ0n) is 3.16. The van der Waals surface area contributed by atoms with Crippen LogP contribution >= 0.6 is 0 Å². The molecular weight excluding hydrogens is 124 g/mol. The van der Waals surface area contributed by atoms with Crippen LogP contribution in [0.15, 0.2) is 0 Å². The first-order valence-electron chi connectivity index (χ1n) is 1.16. The lowest BCUT2D eigenvalue weighted by molar-refractivity contribution is 0.0883. The molecule has 4 N–H and O–H groups in total. The molecular formula is H4N2O4S. The number of nitrogens with one attached hydrogen (secondary N) is 1. The largest absolute Gasteiger partial charge is 0.357 e. The smallest absolute Gasteiger partial charge is 0.272 e. The highest BCUT2D eigenvalue weighted by molar-refractivity contribution is 7.83. The predicted molar refractivity (Wildman–Crippen MR) is 20.0 cm³/mol. The highest BCUT2D eigenvalue weighted by Gasteiger charge is 1.97. The van der Waals surface area contributed by atoms with Crippen molar-refractivity contribution in [3.63, 3.8) is 0 Å². The molecule has 0 aromatic carbocycles. The van der Waals surface area contributed by atoms with Crippen LogP contribution in [0.4, 0.5) is 0 Å². The second kappa shape index (κ2) is 2.19. The molecule has 7 heavy (non-hydrogen) atoms. The van der Waals surface area contributed by atoms with Gasteiger partial charge in [-0.15, -0.1) is 0 Å². The summed E-state index contributed by atoms with van der Waals surface area (Å²) in [5, 5.41) is 0. The zero-order valence-corrected chi connectivity index (χ0v) is 3.97. The van der Waals surface area contributed by atoms with Crippen LogP contribution in [0, 0.1) is 0 Å². The van der Waals surface area contributed by atoms with E-state index in [4.69, 9.17) is 4.55 Å². The SMILES string of the molecule is NONS(=O)(=O)O. The molecule has 0 spiro atoms. The number of hydrogen-bond donors (Lipinski definition) is 3. The van der Waals surface area contributed by atoms with Gasteiger partial charge in [0.05, 0.1) is 0 Å². The molecule has 7 heteroatoms. The van der Waals surface area contributed by atoms with E-state index in [1.807, 2.05) is 0 Å². The molecule has 0 aromatic rings. The van der Waals surface area contributed by atoms with E-state index in [1.165, 1.54) is 0 Å². The fraction of sp³-hybridized carbons (Fsp3) is 0. The summed E-state index contributed by atoms with van der Waals surface area (Å²) in [7, 11) is -4.27. The third kappa shape index (κ3) is 5.79. The average molecular weight is 128 g/mol. The molecule has 0 aliphatic heterocycles. The van der Waals surface area contributed by atoms with Gasteiger partial charge in [0.15, 0.2) is 0 Å². The van der Waals surface area contributed by atoms with Crippen molar-refractivity contribution < 1.29 is 17.9 Å². The molecule has 0 fully saturated rings. The summed E-state index contributed by atoms with van der Waals surface area (Å²) in [5.41, 5.74) is 0. The van der Waals surface area contributed by atoms with Crippen LogP contribution < -0.4 is 10.8 Å². The molecule has 0 saturated carbocycles. The molecule has 0 unspecified atom stereocenters. The molecule has 0 aliphatic carbocycles.